The minimum Gasteiger partial charge on any atom is -0.386 e. The van der Waals surface area contributed by atoms with E-state index in [1.807, 2.05) is 32.1 Å². The van der Waals surface area contributed by atoms with Crippen molar-refractivity contribution < 1.29 is 5.11 Å². The van der Waals surface area contributed by atoms with E-state index >= 15 is 0 Å². The lowest BCUT2D eigenvalue weighted by atomic mass is 10.0. The van der Waals surface area contributed by atoms with Gasteiger partial charge >= 0.3 is 0 Å². The minimum absolute atomic E-state index is 0.639. The molecule has 0 amide bonds. The molecular formula is C9H16O. The van der Waals surface area contributed by atoms with Crippen molar-refractivity contribution in [3.8, 4) is 0 Å². The molecule has 0 heterocycles. The number of rotatable bonds is 3. The Bertz CT molecular complexity index is 132. The lowest BCUT2D eigenvalue weighted by Crippen LogP contribution is -2.18. The quantitative estimate of drug-likeness (QED) is 0.596. The Hall–Kier alpha value is -0.560. The maximum Gasteiger partial charge on any atom is 0.0800 e. The van der Waals surface area contributed by atoms with Crippen LogP contribution in [0.5, 0.6) is 0 Å². The molecule has 1 nitrogen and oxygen atoms in total. The van der Waals surface area contributed by atoms with E-state index in [-0.39, 0.29) is 0 Å². The number of aliphatic hydroxyl groups is 1. The van der Waals surface area contributed by atoms with Crippen LogP contribution in [0.1, 0.15) is 27.2 Å². The first-order chi connectivity index (χ1) is 4.62. The lowest BCUT2D eigenvalue weighted by Gasteiger charge is -2.14. The average Bonchev–Trinajstić information content (AvgIpc) is 1.89. The Morgan fingerprint density at radius 3 is 2.40 bits per heavy atom. The van der Waals surface area contributed by atoms with Crippen molar-refractivity contribution in [3.05, 3.63) is 24.3 Å². The summed E-state index contributed by atoms with van der Waals surface area (Å²) < 4.78 is 0. The molecule has 0 fully saturated rings. The predicted octanol–water partition coefficient (Wildman–Crippen LogP) is 2.28. The third-order valence-electron chi connectivity index (χ3n) is 1.47. The molecule has 1 heteroatoms. The first-order valence-corrected chi connectivity index (χ1v) is 3.65. The molecule has 0 aromatic rings. The largest absolute Gasteiger partial charge is 0.386 e. The highest BCUT2D eigenvalue weighted by atomic mass is 16.3. The van der Waals surface area contributed by atoms with Gasteiger partial charge in [-0.1, -0.05) is 31.2 Å². The highest BCUT2D eigenvalue weighted by molar-refractivity contribution is 5.07. The highest BCUT2D eigenvalue weighted by Crippen LogP contribution is 2.09. The summed E-state index contributed by atoms with van der Waals surface area (Å²) in [6.07, 6.45) is 8.25. The molecule has 0 aromatic carbocycles. The molecule has 0 radical (unpaired) electrons. The van der Waals surface area contributed by atoms with Crippen LogP contribution < -0.4 is 0 Å². The molecule has 58 valence electrons. The van der Waals surface area contributed by atoms with Crippen LogP contribution >= 0.6 is 0 Å². The Morgan fingerprint density at radius 2 is 2.00 bits per heavy atom. The van der Waals surface area contributed by atoms with E-state index < -0.39 is 5.60 Å². The molecular weight excluding hydrogens is 124 g/mol. The van der Waals surface area contributed by atoms with E-state index in [0.29, 0.717) is 0 Å². The Labute approximate surface area is 63.1 Å². The van der Waals surface area contributed by atoms with E-state index in [2.05, 4.69) is 0 Å². The molecule has 1 N–H and O–H groups in total. The second kappa shape index (κ2) is 4.29. The van der Waals surface area contributed by atoms with Crippen LogP contribution in [0.15, 0.2) is 24.3 Å². The zero-order valence-corrected chi connectivity index (χ0v) is 6.96. The molecule has 0 aliphatic rings. The summed E-state index contributed by atoms with van der Waals surface area (Å²) >= 11 is 0. The van der Waals surface area contributed by atoms with Gasteiger partial charge < -0.3 is 5.11 Å². The van der Waals surface area contributed by atoms with Crippen LogP contribution in [0.25, 0.3) is 0 Å². The molecule has 0 saturated heterocycles. The zero-order chi connectivity index (χ0) is 8.04. The molecule has 0 bridgehead atoms. The number of hydrogen-bond donors (Lipinski definition) is 1. The molecule has 0 unspecified atom stereocenters. The van der Waals surface area contributed by atoms with Crippen LogP contribution in [0.2, 0.25) is 0 Å². The van der Waals surface area contributed by atoms with Gasteiger partial charge in [-0.05, 0) is 20.3 Å². The normalized spacial score (nSPS) is 18.4. The van der Waals surface area contributed by atoms with Gasteiger partial charge in [0.25, 0.3) is 0 Å². The SMILES string of the molecule is C/C=C/C=C/[C@@](C)(O)CC. The topological polar surface area (TPSA) is 20.2 Å². The fourth-order valence-corrected chi connectivity index (χ4v) is 0.492. The van der Waals surface area contributed by atoms with E-state index in [0.717, 1.165) is 6.42 Å². The third-order valence-corrected chi connectivity index (χ3v) is 1.47. The monoisotopic (exact) mass is 140 g/mol. The van der Waals surface area contributed by atoms with Crippen molar-refractivity contribution in [3.63, 3.8) is 0 Å². The molecule has 1 atom stereocenters. The fraction of sp³-hybridized carbons (Fsp3) is 0.556. The van der Waals surface area contributed by atoms with Crippen molar-refractivity contribution in [2.24, 2.45) is 0 Å². The fourth-order valence-electron chi connectivity index (χ4n) is 0.492. The van der Waals surface area contributed by atoms with E-state index in [4.69, 9.17) is 0 Å². The van der Waals surface area contributed by atoms with Gasteiger partial charge in [0.1, 0.15) is 0 Å². The van der Waals surface area contributed by atoms with Crippen LogP contribution in [0.4, 0.5) is 0 Å². The summed E-state index contributed by atoms with van der Waals surface area (Å²) in [6, 6.07) is 0. The van der Waals surface area contributed by atoms with Crippen molar-refractivity contribution in [2.75, 3.05) is 0 Å². The number of allylic oxidation sites excluding steroid dienone is 3. The third kappa shape index (κ3) is 4.33. The second-order valence-corrected chi connectivity index (χ2v) is 2.60. The summed E-state index contributed by atoms with van der Waals surface area (Å²) in [5.74, 6) is 0. The van der Waals surface area contributed by atoms with Crippen LogP contribution in [-0.2, 0) is 0 Å². The smallest absolute Gasteiger partial charge is 0.0800 e. The highest BCUT2D eigenvalue weighted by Gasteiger charge is 2.10. The van der Waals surface area contributed by atoms with Gasteiger partial charge in [0.2, 0.25) is 0 Å². The van der Waals surface area contributed by atoms with Crippen LogP contribution in [0.3, 0.4) is 0 Å². The van der Waals surface area contributed by atoms with E-state index in [1.54, 1.807) is 13.0 Å². The first-order valence-electron chi connectivity index (χ1n) is 3.65. The van der Waals surface area contributed by atoms with E-state index in [1.165, 1.54) is 0 Å². The Morgan fingerprint density at radius 1 is 1.40 bits per heavy atom. The maximum absolute atomic E-state index is 9.43. The maximum atomic E-state index is 9.43. The van der Waals surface area contributed by atoms with Gasteiger partial charge in [0.05, 0.1) is 5.60 Å². The van der Waals surface area contributed by atoms with Gasteiger partial charge in [-0.3, -0.25) is 0 Å². The minimum atomic E-state index is -0.639. The summed E-state index contributed by atoms with van der Waals surface area (Å²) in [5.41, 5.74) is -0.639. The average molecular weight is 140 g/mol. The molecule has 0 rings (SSSR count). The number of hydrogen-bond acceptors (Lipinski definition) is 1. The zero-order valence-electron chi connectivity index (χ0n) is 6.96. The molecule has 10 heavy (non-hydrogen) atoms. The van der Waals surface area contributed by atoms with Crippen molar-refractivity contribution in [1.82, 2.24) is 0 Å². The van der Waals surface area contributed by atoms with E-state index in [9.17, 15) is 5.11 Å². The molecule has 0 aromatic heterocycles. The van der Waals surface area contributed by atoms with Crippen molar-refractivity contribution >= 4 is 0 Å². The summed E-state index contributed by atoms with van der Waals surface area (Å²) in [5, 5.41) is 9.43. The molecule has 0 aliphatic heterocycles. The van der Waals surface area contributed by atoms with Crippen LogP contribution in [-0.4, -0.2) is 10.7 Å². The van der Waals surface area contributed by atoms with Gasteiger partial charge in [0.15, 0.2) is 0 Å². The molecule has 0 saturated carbocycles. The Kier molecular flexibility index (Phi) is 4.05. The van der Waals surface area contributed by atoms with Gasteiger partial charge in [-0.15, -0.1) is 0 Å². The predicted molar refractivity (Wildman–Crippen MR) is 44.9 cm³/mol. The van der Waals surface area contributed by atoms with Gasteiger partial charge in [-0.25, -0.2) is 0 Å². The molecule has 0 spiro atoms. The van der Waals surface area contributed by atoms with Crippen molar-refractivity contribution in [2.45, 2.75) is 32.8 Å². The lowest BCUT2D eigenvalue weighted by molar-refractivity contribution is 0.108. The first kappa shape index (κ1) is 9.44. The molecule has 0 aliphatic carbocycles. The summed E-state index contributed by atoms with van der Waals surface area (Å²) in [6.45, 7) is 5.71. The standard InChI is InChI=1S/C9H16O/c1-4-6-7-8-9(3,10)5-2/h4,6-8,10H,5H2,1-3H3/b6-4+,8-7+/t9-/m0/s1. The Balaban J connectivity index is 3.86. The summed E-state index contributed by atoms with van der Waals surface area (Å²) in [7, 11) is 0. The van der Waals surface area contributed by atoms with Crippen LogP contribution in [0, 0.1) is 0 Å². The van der Waals surface area contributed by atoms with Gasteiger partial charge in [0, 0.05) is 0 Å². The van der Waals surface area contributed by atoms with Gasteiger partial charge in [-0.2, -0.15) is 0 Å². The summed E-state index contributed by atoms with van der Waals surface area (Å²) in [4.78, 5) is 0. The second-order valence-electron chi connectivity index (χ2n) is 2.60. The van der Waals surface area contributed by atoms with Crippen molar-refractivity contribution in [1.29, 1.82) is 0 Å².